The zero-order chi connectivity index (χ0) is 13.9. The molecular formula is C16H24N2OS. The van der Waals surface area contributed by atoms with E-state index in [0.29, 0.717) is 18.4 Å². The second-order valence-corrected chi connectivity index (χ2v) is 7.57. The lowest BCUT2D eigenvalue weighted by atomic mass is 10.0. The molecule has 0 bridgehead atoms. The van der Waals surface area contributed by atoms with Crippen LogP contribution in [-0.2, 0) is 11.2 Å². The predicted molar refractivity (Wildman–Crippen MR) is 83.1 cm³/mol. The summed E-state index contributed by atoms with van der Waals surface area (Å²) in [4.78, 5) is 16.8. The molecule has 1 aromatic rings. The van der Waals surface area contributed by atoms with Crippen molar-refractivity contribution in [1.29, 1.82) is 0 Å². The van der Waals surface area contributed by atoms with Gasteiger partial charge in [0.1, 0.15) is 0 Å². The molecule has 0 radical (unpaired) electrons. The van der Waals surface area contributed by atoms with Crippen LogP contribution < -0.4 is 5.32 Å². The normalized spacial score (nSPS) is 20.4. The van der Waals surface area contributed by atoms with Gasteiger partial charge in [-0.2, -0.15) is 0 Å². The fraction of sp³-hybridized carbons (Fsp3) is 0.688. The monoisotopic (exact) mass is 292 g/mol. The van der Waals surface area contributed by atoms with E-state index in [1.165, 1.54) is 29.1 Å². The van der Waals surface area contributed by atoms with Crippen molar-refractivity contribution in [1.82, 2.24) is 10.2 Å². The summed E-state index contributed by atoms with van der Waals surface area (Å²) in [5.41, 5.74) is 0. The lowest BCUT2D eigenvalue weighted by Crippen LogP contribution is -2.45. The third kappa shape index (κ3) is 3.83. The van der Waals surface area contributed by atoms with E-state index in [1.54, 1.807) is 11.3 Å². The van der Waals surface area contributed by atoms with E-state index >= 15 is 0 Å². The molecule has 0 atom stereocenters. The van der Waals surface area contributed by atoms with Gasteiger partial charge in [-0.15, -0.1) is 11.3 Å². The maximum Gasteiger partial charge on any atom is 0.227 e. The first kappa shape index (κ1) is 14.1. The quantitative estimate of drug-likeness (QED) is 0.904. The Morgan fingerprint density at radius 2 is 2.05 bits per heavy atom. The summed E-state index contributed by atoms with van der Waals surface area (Å²) in [5.74, 6) is 1.24. The minimum atomic E-state index is 0.299. The van der Waals surface area contributed by atoms with Crippen molar-refractivity contribution in [3.05, 3.63) is 21.9 Å². The smallest absolute Gasteiger partial charge is 0.227 e. The highest BCUT2D eigenvalue weighted by Gasteiger charge is 2.25. The zero-order valence-electron chi connectivity index (χ0n) is 12.2. The average molecular weight is 292 g/mol. The molecular weight excluding hydrogens is 268 g/mol. The number of carbonyl (C=O) groups excluding carboxylic acids is 1. The zero-order valence-corrected chi connectivity index (χ0v) is 13.0. The van der Waals surface area contributed by atoms with Crippen molar-refractivity contribution >= 4 is 17.2 Å². The standard InChI is InChI=1S/C16H24N2OS/c1-12-2-5-15(20-12)10-16(19)18-8-6-14(7-9-18)17-11-13-3-4-13/h2,5,13-14,17H,3-4,6-11H2,1H3. The largest absolute Gasteiger partial charge is 0.342 e. The maximum absolute atomic E-state index is 12.3. The van der Waals surface area contributed by atoms with Gasteiger partial charge in [0.05, 0.1) is 6.42 Å². The summed E-state index contributed by atoms with van der Waals surface area (Å²) in [6, 6.07) is 4.81. The minimum absolute atomic E-state index is 0.299. The fourth-order valence-corrected chi connectivity index (χ4v) is 3.71. The van der Waals surface area contributed by atoms with Gasteiger partial charge >= 0.3 is 0 Å². The van der Waals surface area contributed by atoms with Crippen LogP contribution in [0.2, 0.25) is 0 Å². The first-order chi connectivity index (χ1) is 9.70. The Morgan fingerprint density at radius 3 is 2.65 bits per heavy atom. The van der Waals surface area contributed by atoms with Crippen LogP contribution in [0.25, 0.3) is 0 Å². The number of aryl methyl sites for hydroxylation is 1. The fourth-order valence-electron chi connectivity index (χ4n) is 2.83. The van der Waals surface area contributed by atoms with E-state index in [1.807, 2.05) is 4.90 Å². The van der Waals surface area contributed by atoms with Crippen molar-refractivity contribution < 1.29 is 4.79 Å². The van der Waals surface area contributed by atoms with Gasteiger partial charge in [0.15, 0.2) is 0 Å². The number of hydrogen-bond acceptors (Lipinski definition) is 3. The van der Waals surface area contributed by atoms with E-state index < -0.39 is 0 Å². The SMILES string of the molecule is Cc1ccc(CC(=O)N2CCC(NCC3CC3)CC2)s1. The summed E-state index contributed by atoms with van der Waals surface area (Å²) in [6.45, 7) is 5.12. The van der Waals surface area contributed by atoms with E-state index in [-0.39, 0.29) is 0 Å². The molecule has 1 N–H and O–H groups in total. The molecule has 1 saturated carbocycles. The molecule has 4 heteroatoms. The molecule has 1 aliphatic carbocycles. The summed E-state index contributed by atoms with van der Waals surface area (Å²) in [5, 5.41) is 3.66. The molecule has 1 aliphatic heterocycles. The van der Waals surface area contributed by atoms with Gasteiger partial charge < -0.3 is 10.2 Å². The van der Waals surface area contributed by atoms with Gasteiger partial charge in [-0.05, 0) is 57.2 Å². The lowest BCUT2D eigenvalue weighted by molar-refractivity contribution is -0.131. The van der Waals surface area contributed by atoms with Crippen LogP contribution in [0.5, 0.6) is 0 Å². The number of hydrogen-bond donors (Lipinski definition) is 1. The molecule has 0 spiro atoms. The number of likely N-dealkylation sites (tertiary alicyclic amines) is 1. The summed E-state index contributed by atoms with van der Waals surface area (Å²) in [7, 11) is 0. The maximum atomic E-state index is 12.3. The Labute approximate surface area is 125 Å². The molecule has 1 saturated heterocycles. The average Bonchev–Trinajstić information content (AvgIpc) is 3.20. The minimum Gasteiger partial charge on any atom is -0.342 e. The molecule has 3 rings (SSSR count). The number of amides is 1. The third-order valence-corrected chi connectivity index (χ3v) is 5.36. The van der Waals surface area contributed by atoms with Crippen LogP contribution in [0, 0.1) is 12.8 Å². The van der Waals surface area contributed by atoms with Crippen LogP contribution in [0.15, 0.2) is 12.1 Å². The van der Waals surface area contributed by atoms with E-state index in [2.05, 4.69) is 24.4 Å². The Hall–Kier alpha value is -0.870. The van der Waals surface area contributed by atoms with Crippen LogP contribution in [0.1, 0.15) is 35.4 Å². The lowest BCUT2D eigenvalue weighted by Gasteiger charge is -2.32. The molecule has 3 nitrogen and oxygen atoms in total. The van der Waals surface area contributed by atoms with Crippen molar-refractivity contribution in [2.24, 2.45) is 5.92 Å². The Balaban J connectivity index is 1.41. The first-order valence-electron chi connectivity index (χ1n) is 7.77. The molecule has 0 unspecified atom stereocenters. The third-order valence-electron chi connectivity index (χ3n) is 4.36. The van der Waals surface area contributed by atoms with Crippen LogP contribution in [0.4, 0.5) is 0 Å². The number of piperidine rings is 1. The summed E-state index contributed by atoms with van der Waals surface area (Å²) in [6.07, 6.45) is 5.62. The van der Waals surface area contributed by atoms with Gasteiger partial charge in [-0.1, -0.05) is 0 Å². The Bertz CT molecular complexity index is 459. The Kier molecular flexibility index (Phi) is 4.41. The second-order valence-electron chi connectivity index (χ2n) is 6.20. The van der Waals surface area contributed by atoms with Crippen molar-refractivity contribution in [3.8, 4) is 0 Å². The molecule has 2 fully saturated rings. The van der Waals surface area contributed by atoms with Crippen LogP contribution >= 0.6 is 11.3 Å². The number of nitrogens with zero attached hydrogens (tertiary/aromatic N) is 1. The van der Waals surface area contributed by atoms with E-state index in [4.69, 9.17) is 0 Å². The summed E-state index contributed by atoms with van der Waals surface area (Å²) >= 11 is 1.74. The molecule has 1 aromatic heterocycles. The topological polar surface area (TPSA) is 32.3 Å². The highest BCUT2D eigenvalue weighted by atomic mass is 32.1. The Morgan fingerprint density at radius 1 is 1.30 bits per heavy atom. The van der Waals surface area contributed by atoms with Crippen LogP contribution in [-0.4, -0.2) is 36.5 Å². The van der Waals surface area contributed by atoms with Gasteiger partial charge in [0.2, 0.25) is 5.91 Å². The molecule has 2 heterocycles. The molecule has 0 aromatic carbocycles. The van der Waals surface area contributed by atoms with Crippen molar-refractivity contribution in [3.63, 3.8) is 0 Å². The first-order valence-corrected chi connectivity index (χ1v) is 8.59. The number of nitrogens with one attached hydrogen (secondary N) is 1. The van der Waals surface area contributed by atoms with Crippen molar-refractivity contribution in [2.75, 3.05) is 19.6 Å². The van der Waals surface area contributed by atoms with Gasteiger partial charge in [0, 0.05) is 28.9 Å². The molecule has 1 amide bonds. The highest BCUT2D eigenvalue weighted by molar-refractivity contribution is 7.12. The number of thiophene rings is 1. The van der Waals surface area contributed by atoms with Crippen molar-refractivity contribution in [2.45, 2.75) is 45.1 Å². The van der Waals surface area contributed by atoms with E-state index in [0.717, 1.165) is 31.8 Å². The molecule has 2 aliphatic rings. The van der Waals surface area contributed by atoms with E-state index in [9.17, 15) is 4.79 Å². The number of rotatable bonds is 5. The predicted octanol–water partition coefficient (Wildman–Crippen LogP) is 2.59. The van der Waals surface area contributed by atoms with Gasteiger partial charge in [-0.3, -0.25) is 4.79 Å². The highest BCUT2D eigenvalue weighted by Crippen LogP contribution is 2.28. The molecule has 20 heavy (non-hydrogen) atoms. The number of carbonyl (C=O) groups is 1. The molecule has 110 valence electrons. The summed E-state index contributed by atoms with van der Waals surface area (Å²) < 4.78 is 0. The van der Waals surface area contributed by atoms with Crippen LogP contribution in [0.3, 0.4) is 0 Å². The van der Waals surface area contributed by atoms with Gasteiger partial charge in [0.25, 0.3) is 0 Å². The second kappa shape index (κ2) is 6.27. The van der Waals surface area contributed by atoms with Gasteiger partial charge in [-0.25, -0.2) is 0 Å².